The molecule has 3 heteroatoms. The van der Waals surface area contributed by atoms with Crippen molar-refractivity contribution in [2.24, 2.45) is 33.7 Å². The van der Waals surface area contributed by atoms with Gasteiger partial charge < -0.3 is 10.1 Å². The second-order valence-electron chi connectivity index (χ2n) is 9.01. The van der Waals surface area contributed by atoms with E-state index in [4.69, 9.17) is 0 Å². The molecule has 1 aliphatic heterocycles. The van der Waals surface area contributed by atoms with E-state index in [0.29, 0.717) is 16.9 Å². The van der Waals surface area contributed by atoms with Crippen LogP contribution in [0.25, 0.3) is 0 Å². The van der Waals surface area contributed by atoms with Gasteiger partial charge in [0.1, 0.15) is 5.84 Å². The molecule has 1 N–H and O–H groups in total. The molecule has 0 amide bonds. The number of piperidine rings is 1. The van der Waals surface area contributed by atoms with E-state index in [1.165, 1.54) is 44.9 Å². The van der Waals surface area contributed by atoms with Crippen LogP contribution in [0.1, 0.15) is 65.2 Å². The van der Waals surface area contributed by atoms with Gasteiger partial charge in [0.25, 0.3) is 0 Å². The van der Waals surface area contributed by atoms with Crippen LogP contribution < -0.4 is 0 Å². The highest BCUT2D eigenvalue weighted by Gasteiger charge is 2.58. The molecule has 22 heavy (non-hydrogen) atoms. The highest BCUT2D eigenvalue weighted by molar-refractivity contribution is 5.83. The van der Waals surface area contributed by atoms with Gasteiger partial charge in [0.15, 0.2) is 0 Å². The van der Waals surface area contributed by atoms with Gasteiger partial charge in [0.05, 0.1) is 0 Å². The Morgan fingerprint density at radius 3 is 2.77 bits per heavy atom. The van der Waals surface area contributed by atoms with Gasteiger partial charge in [-0.3, -0.25) is 0 Å². The minimum atomic E-state index is 0.371. The molecule has 0 aromatic heterocycles. The van der Waals surface area contributed by atoms with Gasteiger partial charge in [-0.25, -0.2) is 0 Å². The van der Waals surface area contributed by atoms with Crippen LogP contribution in [-0.4, -0.2) is 29.0 Å². The third-order valence-corrected chi connectivity index (χ3v) is 8.20. The van der Waals surface area contributed by atoms with Gasteiger partial charge in [-0.2, -0.15) is 0 Å². The summed E-state index contributed by atoms with van der Waals surface area (Å²) in [6.45, 7) is 5.09. The summed E-state index contributed by atoms with van der Waals surface area (Å²) in [5, 5.41) is 12.8. The molecule has 1 heterocycles. The van der Waals surface area contributed by atoms with Crippen LogP contribution in [-0.2, 0) is 0 Å². The third-order valence-electron chi connectivity index (χ3n) is 8.20. The number of oxime groups is 1. The van der Waals surface area contributed by atoms with E-state index in [1.54, 1.807) is 0 Å². The van der Waals surface area contributed by atoms with Crippen molar-refractivity contribution < 1.29 is 5.21 Å². The van der Waals surface area contributed by atoms with E-state index in [-0.39, 0.29) is 0 Å². The van der Waals surface area contributed by atoms with Crippen molar-refractivity contribution in [3.05, 3.63) is 6.42 Å². The molecule has 1 unspecified atom stereocenters. The number of hydrogen-bond donors (Lipinski definition) is 1. The standard InChI is InChI=1S/C19H31N2O/c1-18-10-4-5-14(18)13-6-7-16-19(2,15(13)8-11-18)12-9-17(20-22)21(16)3/h7,13-16,22H,4-6,8-12H2,1-3H3/t13-,14-,15+,16?,18-,19+/m0/s1. The Morgan fingerprint density at radius 1 is 1.18 bits per heavy atom. The van der Waals surface area contributed by atoms with E-state index < -0.39 is 0 Å². The minimum absolute atomic E-state index is 0.371. The topological polar surface area (TPSA) is 35.8 Å². The van der Waals surface area contributed by atoms with Crippen LogP contribution >= 0.6 is 0 Å². The molecule has 0 aromatic carbocycles. The minimum Gasteiger partial charge on any atom is -0.409 e. The van der Waals surface area contributed by atoms with Gasteiger partial charge in [-0.15, -0.1) is 0 Å². The Hall–Kier alpha value is -0.730. The molecule has 123 valence electrons. The highest BCUT2D eigenvalue weighted by atomic mass is 16.4. The molecule has 0 aromatic rings. The van der Waals surface area contributed by atoms with E-state index >= 15 is 0 Å². The van der Waals surface area contributed by atoms with Gasteiger partial charge in [-0.05, 0) is 73.5 Å². The summed E-state index contributed by atoms with van der Waals surface area (Å²) in [4.78, 5) is 2.25. The second-order valence-corrected chi connectivity index (χ2v) is 9.01. The predicted octanol–water partition coefficient (Wildman–Crippen LogP) is 4.32. The monoisotopic (exact) mass is 303 g/mol. The summed E-state index contributed by atoms with van der Waals surface area (Å²) < 4.78 is 0. The summed E-state index contributed by atoms with van der Waals surface area (Å²) in [6, 6.07) is 0.458. The number of nitrogens with zero attached hydrogens (tertiary/aromatic N) is 2. The quantitative estimate of drug-likeness (QED) is 0.534. The van der Waals surface area contributed by atoms with Crippen LogP contribution in [0.3, 0.4) is 0 Å². The number of amidine groups is 1. The molecule has 4 rings (SSSR count). The Morgan fingerprint density at radius 2 is 2.00 bits per heavy atom. The third kappa shape index (κ3) is 1.83. The summed E-state index contributed by atoms with van der Waals surface area (Å²) in [7, 11) is 2.12. The lowest BCUT2D eigenvalue weighted by Crippen LogP contribution is -2.61. The van der Waals surface area contributed by atoms with Crippen LogP contribution in [0.2, 0.25) is 0 Å². The normalized spacial score (nSPS) is 53.0. The van der Waals surface area contributed by atoms with E-state index in [2.05, 4.69) is 37.4 Å². The smallest absolute Gasteiger partial charge is 0.144 e. The molecule has 3 nitrogen and oxygen atoms in total. The zero-order valence-electron chi connectivity index (χ0n) is 14.4. The van der Waals surface area contributed by atoms with Crippen molar-refractivity contribution in [3.63, 3.8) is 0 Å². The maximum atomic E-state index is 9.26. The molecule has 0 bridgehead atoms. The summed E-state index contributed by atoms with van der Waals surface area (Å²) in [5.41, 5.74) is 1.01. The van der Waals surface area contributed by atoms with E-state index in [0.717, 1.165) is 30.0 Å². The number of likely N-dealkylation sites (tertiary alicyclic amines) is 1. The van der Waals surface area contributed by atoms with Crippen molar-refractivity contribution in [1.82, 2.24) is 4.90 Å². The van der Waals surface area contributed by atoms with Gasteiger partial charge in [0, 0.05) is 19.5 Å². The Bertz CT molecular complexity index is 490. The first-order valence-corrected chi connectivity index (χ1v) is 9.27. The van der Waals surface area contributed by atoms with E-state index in [9.17, 15) is 5.21 Å². The zero-order valence-corrected chi connectivity index (χ0v) is 14.4. The van der Waals surface area contributed by atoms with Crippen molar-refractivity contribution >= 4 is 5.84 Å². The van der Waals surface area contributed by atoms with Crippen molar-refractivity contribution in [1.29, 1.82) is 0 Å². The molecule has 4 fully saturated rings. The average Bonchev–Trinajstić information content (AvgIpc) is 2.89. The Labute approximate surface area is 135 Å². The fourth-order valence-corrected chi connectivity index (χ4v) is 6.97. The van der Waals surface area contributed by atoms with Crippen LogP contribution in [0.5, 0.6) is 0 Å². The number of hydrogen-bond acceptors (Lipinski definition) is 2. The number of fused-ring (bicyclic) bond motifs is 5. The maximum absolute atomic E-state index is 9.26. The molecular formula is C19H31N2O. The maximum Gasteiger partial charge on any atom is 0.144 e. The van der Waals surface area contributed by atoms with Crippen molar-refractivity contribution in [2.45, 2.75) is 71.3 Å². The molecule has 1 radical (unpaired) electrons. The SMILES string of the molecule is CN1C(=NO)CC[C@@]2(C)C1[CH]C[C@@H]1[C@H]2CC[C@]2(C)CCC[C@@H]12. The fraction of sp³-hybridized carbons (Fsp3) is 0.895. The van der Waals surface area contributed by atoms with Crippen molar-refractivity contribution in [3.8, 4) is 0 Å². The predicted molar refractivity (Wildman–Crippen MR) is 88.7 cm³/mol. The van der Waals surface area contributed by atoms with Crippen LogP contribution in [0.4, 0.5) is 0 Å². The molecule has 4 aliphatic rings. The highest BCUT2D eigenvalue weighted by Crippen LogP contribution is 2.64. The van der Waals surface area contributed by atoms with E-state index in [1.807, 2.05) is 0 Å². The Kier molecular flexibility index (Phi) is 3.29. The zero-order chi connectivity index (χ0) is 15.5. The van der Waals surface area contributed by atoms with Gasteiger partial charge >= 0.3 is 0 Å². The first-order valence-electron chi connectivity index (χ1n) is 9.27. The lowest BCUT2D eigenvalue weighted by molar-refractivity contribution is -0.0773. The van der Waals surface area contributed by atoms with Crippen LogP contribution in [0, 0.1) is 35.0 Å². The van der Waals surface area contributed by atoms with Gasteiger partial charge in [0.2, 0.25) is 0 Å². The summed E-state index contributed by atoms with van der Waals surface area (Å²) in [5.74, 6) is 3.60. The average molecular weight is 303 g/mol. The summed E-state index contributed by atoms with van der Waals surface area (Å²) >= 11 is 0. The van der Waals surface area contributed by atoms with Crippen molar-refractivity contribution in [2.75, 3.05) is 7.05 Å². The second kappa shape index (κ2) is 4.88. The summed E-state index contributed by atoms with van der Waals surface area (Å²) in [6.07, 6.45) is 13.2. The molecule has 3 aliphatic carbocycles. The first kappa shape index (κ1) is 14.8. The lowest BCUT2D eigenvalue weighted by atomic mass is 9.47. The van der Waals surface area contributed by atoms with Gasteiger partial charge in [-0.1, -0.05) is 25.4 Å². The lowest BCUT2D eigenvalue weighted by Gasteiger charge is -2.61. The fourth-order valence-electron chi connectivity index (χ4n) is 6.97. The Balaban J connectivity index is 1.64. The molecule has 6 atom stereocenters. The largest absolute Gasteiger partial charge is 0.409 e. The molecule has 1 saturated heterocycles. The van der Waals surface area contributed by atoms with Crippen LogP contribution in [0.15, 0.2) is 5.16 Å². The first-order chi connectivity index (χ1) is 10.5. The molecule has 0 spiro atoms. The molecular weight excluding hydrogens is 272 g/mol. The molecule has 3 saturated carbocycles. The number of rotatable bonds is 0.